The molecule has 1 unspecified atom stereocenters. The van der Waals surface area contributed by atoms with E-state index in [2.05, 4.69) is 116 Å². The minimum atomic E-state index is -0.156. The predicted octanol–water partition coefficient (Wildman–Crippen LogP) is 6.62. The van der Waals surface area contributed by atoms with E-state index in [1.54, 1.807) is 0 Å². The Bertz CT molecular complexity index is 1220. The number of fused-ring (bicyclic) bond motifs is 3. The van der Waals surface area contributed by atoms with Crippen molar-refractivity contribution in [2.75, 3.05) is 0 Å². The number of aromatic nitrogens is 5. The van der Waals surface area contributed by atoms with Crippen molar-refractivity contribution in [3.05, 3.63) is 47.7 Å². The van der Waals surface area contributed by atoms with E-state index in [4.69, 9.17) is 15.0 Å². The third-order valence-corrected chi connectivity index (χ3v) is 8.43. The predicted molar refractivity (Wildman–Crippen MR) is 143 cm³/mol. The first-order valence-corrected chi connectivity index (χ1v) is 13.2. The van der Waals surface area contributed by atoms with Gasteiger partial charge >= 0.3 is 0 Å². The lowest BCUT2D eigenvalue weighted by Crippen LogP contribution is -2.60. The molecule has 0 N–H and O–H groups in total. The van der Waals surface area contributed by atoms with Crippen LogP contribution in [0.25, 0.3) is 22.6 Å². The molecule has 4 rings (SSSR count). The van der Waals surface area contributed by atoms with Gasteiger partial charge in [-0.2, -0.15) is 0 Å². The second-order valence-electron chi connectivity index (χ2n) is 12.6. The van der Waals surface area contributed by atoms with Gasteiger partial charge in [0, 0.05) is 33.4 Å². The Kier molecular flexibility index (Phi) is 6.01. The second-order valence-corrected chi connectivity index (χ2v) is 12.6. The highest BCUT2D eigenvalue weighted by molar-refractivity contribution is 5.74. The van der Waals surface area contributed by atoms with Crippen LogP contribution in [0, 0.1) is 0 Å². The number of nitrogens with zero attached hydrogens (tertiary/aromatic N) is 5. The van der Waals surface area contributed by atoms with Gasteiger partial charge < -0.3 is 0 Å². The summed E-state index contributed by atoms with van der Waals surface area (Å²) in [5.74, 6) is 2.45. The zero-order valence-electron chi connectivity index (χ0n) is 23.7. The molecule has 5 nitrogen and oxygen atoms in total. The summed E-state index contributed by atoms with van der Waals surface area (Å²) in [5.41, 5.74) is 4.80. The summed E-state index contributed by atoms with van der Waals surface area (Å²) in [4.78, 5) is 14.8. The molecule has 1 atom stereocenters. The Hall–Kier alpha value is -2.56. The van der Waals surface area contributed by atoms with Crippen LogP contribution in [0.5, 0.6) is 0 Å². The summed E-state index contributed by atoms with van der Waals surface area (Å²) in [5, 5.41) is 0. The Morgan fingerprint density at radius 3 is 1.89 bits per heavy atom. The Morgan fingerprint density at radius 2 is 1.40 bits per heavy atom. The summed E-state index contributed by atoms with van der Waals surface area (Å²) in [6.07, 6.45) is 5.44. The van der Waals surface area contributed by atoms with Crippen molar-refractivity contribution < 1.29 is 4.68 Å². The fraction of sp³-hybridized carbons (Fsp3) is 0.600. The van der Waals surface area contributed by atoms with Gasteiger partial charge in [0.2, 0.25) is 0 Å². The largest absolute Gasteiger partial charge is 0.217 e. The lowest BCUT2D eigenvalue weighted by Gasteiger charge is -2.51. The molecule has 5 heteroatoms. The summed E-state index contributed by atoms with van der Waals surface area (Å²) in [7, 11) is 2.17. The van der Waals surface area contributed by atoms with E-state index in [0.717, 1.165) is 42.3 Å². The van der Waals surface area contributed by atoms with Gasteiger partial charge in [-0.25, -0.2) is 15.0 Å². The molecular weight excluding hydrogens is 430 g/mol. The molecule has 0 spiro atoms. The molecule has 1 aromatic carbocycles. The van der Waals surface area contributed by atoms with Gasteiger partial charge in [-0.1, -0.05) is 74.4 Å². The van der Waals surface area contributed by atoms with Crippen LogP contribution >= 0.6 is 0 Å². The van der Waals surface area contributed by atoms with E-state index < -0.39 is 0 Å². The monoisotopic (exact) mass is 474 g/mol. The van der Waals surface area contributed by atoms with Crippen LogP contribution in [0.15, 0.2) is 30.5 Å². The summed E-state index contributed by atoms with van der Waals surface area (Å²) in [6, 6.07) is 9.19. The molecule has 1 aliphatic rings. The van der Waals surface area contributed by atoms with Crippen molar-refractivity contribution in [3.63, 3.8) is 0 Å². The molecule has 0 radical (unpaired) electrons. The standard InChI is InChI=1S/C30H44N5/c1-12-29(10)30(13-2,14-3)22-16-15-20(19-21(22)23-17-18-34(11)35(23)29)24-31-25(27(4,5)6)33-26(32-24)28(7,8)9/h15-19H,12-14H2,1-11H3/q+1. The zero-order valence-corrected chi connectivity index (χ0v) is 23.7. The number of aryl methyl sites for hydroxylation is 1. The number of rotatable bonds is 4. The van der Waals surface area contributed by atoms with Crippen molar-refractivity contribution in [2.24, 2.45) is 7.05 Å². The van der Waals surface area contributed by atoms with Crippen LogP contribution in [-0.2, 0) is 28.8 Å². The van der Waals surface area contributed by atoms with Crippen LogP contribution in [0.4, 0.5) is 0 Å². The van der Waals surface area contributed by atoms with Gasteiger partial charge in [0.05, 0.1) is 0 Å². The molecule has 0 aliphatic carbocycles. The number of benzene rings is 1. The van der Waals surface area contributed by atoms with Crippen molar-refractivity contribution in [1.82, 2.24) is 19.6 Å². The average Bonchev–Trinajstić information content (AvgIpc) is 3.20. The van der Waals surface area contributed by atoms with Crippen molar-refractivity contribution >= 4 is 0 Å². The lowest BCUT2D eigenvalue weighted by atomic mass is 9.58. The smallest absolute Gasteiger partial charge is 0.196 e. The molecule has 0 saturated carbocycles. The maximum atomic E-state index is 4.99. The zero-order chi connectivity index (χ0) is 26.0. The summed E-state index contributed by atoms with van der Waals surface area (Å²) < 4.78 is 4.80. The van der Waals surface area contributed by atoms with Gasteiger partial charge in [-0.3, -0.25) is 0 Å². The quantitative estimate of drug-likeness (QED) is 0.399. The third kappa shape index (κ3) is 3.73. The Labute approximate surface area is 212 Å². The van der Waals surface area contributed by atoms with Crippen LogP contribution < -0.4 is 4.68 Å². The second kappa shape index (κ2) is 8.25. The molecule has 0 saturated heterocycles. The molecule has 2 aromatic heterocycles. The highest BCUT2D eigenvalue weighted by Gasteiger charge is 2.55. The first kappa shape index (κ1) is 25.5. The van der Waals surface area contributed by atoms with E-state index in [9.17, 15) is 0 Å². The maximum absolute atomic E-state index is 4.99. The first-order chi connectivity index (χ1) is 16.2. The third-order valence-electron chi connectivity index (χ3n) is 8.43. The van der Waals surface area contributed by atoms with Crippen molar-refractivity contribution in [2.45, 2.75) is 110 Å². The number of hydrogen-bond acceptors (Lipinski definition) is 3. The topological polar surface area (TPSA) is 47.5 Å². The molecule has 35 heavy (non-hydrogen) atoms. The van der Waals surface area contributed by atoms with E-state index in [1.807, 2.05) is 0 Å². The minimum Gasteiger partial charge on any atom is -0.217 e. The molecule has 1 aliphatic heterocycles. The SMILES string of the molecule is CCC1(CC)c2ccc(-c3nc(C(C)(C)C)nc(C(C)(C)C)n3)cc2-c2cc[n+](C)n2C1(C)CC. The summed E-state index contributed by atoms with van der Waals surface area (Å²) >= 11 is 0. The Morgan fingerprint density at radius 1 is 0.829 bits per heavy atom. The van der Waals surface area contributed by atoms with Crippen LogP contribution in [0.2, 0.25) is 0 Å². The molecule has 188 valence electrons. The molecule has 0 bridgehead atoms. The van der Waals surface area contributed by atoms with Gasteiger partial charge in [-0.05, 0) is 37.8 Å². The van der Waals surface area contributed by atoms with E-state index in [1.165, 1.54) is 16.8 Å². The molecular formula is C30H44N5+. The van der Waals surface area contributed by atoms with E-state index in [-0.39, 0.29) is 21.8 Å². The lowest BCUT2D eigenvalue weighted by molar-refractivity contribution is -0.761. The summed E-state index contributed by atoms with van der Waals surface area (Å²) in [6.45, 7) is 22.5. The van der Waals surface area contributed by atoms with Gasteiger partial charge in [0.15, 0.2) is 19.1 Å². The average molecular weight is 475 g/mol. The molecule has 3 heterocycles. The number of hydrogen-bond donors (Lipinski definition) is 0. The first-order valence-electron chi connectivity index (χ1n) is 13.2. The molecule has 0 amide bonds. The van der Waals surface area contributed by atoms with Crippen LogP contribution in [0.3, 0.4) is 0 Å². The van der Waals surface area contributed by atoms with Crippen molar-refractivity contribution in [1.29, 1.82) is 0 Å². The highest BCUT2D eigenvalue weighted by Crippen LogP contribution is 2.55. The van der Waals surface area contributed by atoms with Gasteiger partial charge in [-0.15, -0.1) is 9.36 Å². The van der Waals surface area contributed by atoms with E-state index >= 15 is 0 Å². The van der Waals surface area contributed by atoms with E-state index in [0.29, 0.717) is 0 Å². The maximum Gasteiger partial charge on any atom is 0.196 e. The normalized spacial score (nSPS) is 19.4. The van der Waals surface area contributed by atoms with Crippen molar-refractivity contribution in [3.8, 4) is 22.6 Å². The molecule has 0 fully saturated rings. The fourth-order valence-corrected chi connectivity index (χ4v) is 6.17. The van der Waals surface area contributed by atoms with Crippen LogP contribution in [-0.4, -0.2) is 19.6 Å². The van der Waals surface area contributed by atoms with Crippen LogP contribution in [0.1, 0.15) is 106 Å². The minimum absolute atomic E-state index is 0.00935. The van der Waals surface area contributed by atoms with Gasteiger partial charge in [0.25, 0.3) is 0 Å². The van der Waals surface area contributed by atoms with Gasteiger partial charge in [0.1, 0.15) is 22.9 Å². The Balaban J connectivity index is 2.02. The molecule has 3 aromatic rings. The highest BCUT2D eigenvalue weighted by atomic mass is 15.4. The fourth-order valence-electron chi connectivity index (χ4n) is 6.17.